The smallest absolute Gasteiger partial charge is 0.321 e. The van der Waals surface area contributed by atoms with Crippen LogP contribution < -0.4 is 5.73 Å². The van der Waals surface area contributed by atoms with Gasteiger partial charge in [0, 0.05) is 5.54 Å². The number of hydrogen-bond donors (Lipinski definition) is 1. The Balaban J connectivity index is 3.72. The normalized spacial score (nSPS) is 11.8. The molecule has 0 fully saturated rings. The van der Waals surface area contributed by atoms with E-state index in [1.54, 1.807) is 0 Å². The highest BCUT2D eigenvalue weighted by Crippen LogP contribution is 2.09. The van der Waals surface area contributed by atoms with Gasteiger partial charge < -0.3 is 10.5 Å². The van der Waals surface area contributed by atoms with Crippen LogP contribution in [0.15, 0.2) is 0 Å². The zero-order valence-corrected chi connectivity index (χ0v) is 8.26. The monoisotopic (exact) mass is 174 g/mol. The van der Waals surface area contributed by atoms with Gasteiger partial charge in [0.15, 0.2) is 0 Å². The van der Waals surface area contributed by atoms with E-state index in [1.165, 1.54) is 0 Å². The Morgan fingerprint density at radius 2 is 2.00 bits per heavy atom. The van der Waals surface area contributed by atoms with Gasteiger partial charge >= 0.3 is 5.97 Å². The van der Waals surface area contributed by atoms with E-state index < -0.39 is 0 Å². The second-order valence-electron chi connectivity index (χ2n) is 3.72. The molecule has 0 saturated carbocycles. The topological polar surface area (TPSA) is 55.6 Å². The minimum atomic E-state index is -0.369. The fourth-order valence-corrected chi connectivity index (χ4v) is 0.421. The Morgan fingerprint density at radius 1 is 1.50 bits per heavy atom. The third kappa shape index (κ3) is 4.31. The lowest BCUT2D eigenvalue weighted by atomic mass is 10.1. The highest BCUT2D eigenvalue weighted by atomic mass is 16.5. The van der Waals surface area contributed by atoms with Crippen molar-refractivity contribution in [2.24, 2.45) is 5.73 Å². The van der Waals surface area contributed by atoms with Gasteiger partial charge in [0.2, 0.25) is 0 Å². The van der Waals surface area contributed by atoms with Crippen LogP contribution in [-0.2, 0) is 9.53 Å². The molecule has 4 nitrogen and oxygen atoms in total. The van der Waals surface area contributed by atoms with Gasteiger partial charge in [-0.05, 0) is 27.8 Å². The summed E-state index contributed by atoms with van der Waals surface area (Å²) in [5.41, 5.74) is 5.08. The van der Waals surface area contributed by atoms with Gasteiger partial charge in [-0.3, -0.25) is 9.69 Å². The van der Waals surface area contributed by atoms with Gasteiger partial charge in [0.25, 0.3) is 0 Å². The molecule has 0 aliphatic carbocycles. The van der Waals surface area contributed by atoms with E-state index in [1.807, 2.05) is 32.7 Å². The number of rotatable bonds is 3. The zero-order valence-electron chi connectivity index (χ0n) is 8.26. The fourth-order valence-electron chi connectivity index (χ4n) is 0.421. The molecule has 0 rings (SSSR count). The zero-order chi connectivity index (χ0) is 9.78. The Bertz CT molecular complexity index is 152. The van der Waals surface area contributed by atoms with E-state index in [4.69, 9.17) is 10.5 Å². The predicted octanol–water partition coefficient (Wildman–Crippen LogP) is 0.176. The van der Waals surface area contributed by atoms with Crippen molar-refractivity contribution >= 4 is 5.97 Å². The van der Waals surface area contributed by atoms with Crippen LogP contribution >= 0.6 is 0 Å². The van der Waals surface area contributed by atoms with Crippen LogP contribution in [0.25, 0.3) is 0 Å². The molecule has 0 aliphatic heterocycles. The summed E-state index contributed by atoms with van der Waals surface area (Å²) in [6.45, 7) is 6.37. The first-order valence-corrected chi connectivity index (χ1v) is 3.95. The molecule has 12 heavy (non-hydrogen) atoms. The Morgan fingerprint density at radius 3 is 2.33 bits per heavy atom. The highest BCUT2D eigenvalue weighted by Gasteiger charge is 2.17. The van der Waals surface area contributed by atoms with Crippen molar-refractivity contribution in [3.8, 4) is 0 Å². The summed E-state index contributed by atoms with van der Waals surface area (Å²) in [4.78, 5) is 12.6. The third-order valence-corrected chi connectivity index (χ3v) is 1.73. The van der Waals surface area contributed by atoms with Crippen molar-refractivity contribution in [3.63, 3.8) is 0 Å². The van der Waals surface area contributed by atoms with Crippen molar-refractivity contribution in [2.75, 3.05) is 20.3 Å². The van der Waals surface area contributed by atoms with Crippen LogP contribution in [0.3, 0.4) is 0 Å². The lowest BCUT2D eigenvalue weighted by Gasteiger charge is -2.30. The van der Waals surface area contributed by atoms with Crippen LogP contribution in [0.4, 0.5) is 0 Å². The van der Waals surface area contributed by atoms with Crippen molar-refractivity contribution in [3.05, 3.63) is 0 Å². The van der Waals surface area contributed by atoms with E-state index in [2.05, 4.69) is 0 Å². The molecule has 0 saturated heterocycles. The molecule has 4 heteroatoms. The number of carbonyl (C=O) groups excluding carboxylic acids is 1. The molecular formula is C8H18N2O2. The predicted molar refractivity (Wildman–Crippen MR) is 47.5 cm³/mol. The third-order valence-electron chi connectivity index (χ3n) is 1.73. The largest absolute Gasteiger partial charge is 0.449 e. The van der Waals surface area contributed by atoms with Gasteiger partial charge in [0.1, 0.15) is 6.73 Å². The van der Waals surface area contributed by atoms with Crippen molar-refractivity contribution < 1.29 is 9.53 Å². The summed E-state index contributed by atoms with van der Waals surface area (Å²) in [5.74, 6) is -0.369. The molecule has 0 aromatic carbocycles. The second-order valence-corrected chi connectivity index (χ2v) is 3.72. The van der Waals surface area contributed by atoms with E-state index in [9.17, 15) is 4.79 Å². The lowest BCUT2D eigenvalue weighted by molar-refractivity contribution is -0.148. The number of nitrogens with two attached hydrogens (primary N) is 1. The maximum atomic E-state index is 10.7. The first kappa shape index (κ1) is 11.4. The van der Waals surface area contributed by atoms with E-state index in [0.717, 1.165) is 0 Å². The number of carbonyl (C=O) groups is 1. The Kier molecular flexibility index (Phi) is 4.20. The number of ether oxygens (including phenoxy) is 1. The summed E-state index contributed by atoms with van der Waals surface area (Å²) in [7, 11) is 1.89. The van der Waals surface area contributed by atoms with Crippen LogP contribution in [0.1, 0.15) is 20.8 Å². The van der Waals surface area contributed by atoms with Crippen LogP contribution in [0.2, 0.25) is 0 Å². The molecule has 0 aromatic rings. The molecule has 0 spiro atoms. The standard InChI is InChI=1S/C8H18N2O2/c1-8(2,3)10(4)6-12-7(11)5-9/h5-6,9H2,1-4H3. The highest BCUT2D eigenvalue weighted by molar-refractivity contribution is 5.71. The Labute approximate surface area is 73.7 Å². The number of hydrogen-bond acceptors (Lipinski definition) is 4. The van der Waals surface area contributed by atoms with Crippen LogP contribution in [0, 0.1) is 0 Å². The summed E-state index contributed by atoms with van der Waals surface area (Å²) >= 11 is 0. The van der Waals surface area contributed by atoms with Gasteiger partial charge in [-0.25, -0.2) is 0 Å². The average molecular weight is 174 g/mol. The minimum Gasteiger partial charge on any atom is -0.449 e. The SMILES string of the molecule is CN(COC(=O)CN)C(C)(C)C. The summed E-state index contributed by atoms with van der Waals surface area (Å²) in [6.07, 6.45) is 0. The first-order chi connectivity index (χ1) is 5.38. The fraction of sp³-hybridized carbons (Fsp3) is 0.875. The van der Waals surface area contributed by atoms with Gasteiger partial charge in [-0.2, -0.15) is 0 Å². The number of nitrogens with zero attached hydrogens (tertiary/aromatic N) is 1. The van der Waals surface area contributed by atoms with Crippen molar-refractivity contribution in [2.45, 2.75) is 26.3 Å². The van der Waals surface area contributed by atoms with Gasteiger partial charge in [-0.15, -0.1) is 0 Å². The maximum Gasteiger partial charge on any atom is 0.321 e. The van der Waals surface area contributed by atoms with E-state index in [-0.39, 0.29) is 18.1 Å². The molecule has 2 N–H and O–H groups in total. The number of esters is 1. The molecule has 0 aromatic heterocycles. The summed E-state index contributed by atoms with van der Waals surface area (Å²) in [6, 6.07) is 0. The lowest BCUT2D eigenvalue weighted by Crippen LogP contribution is -2.40. The van der Waals surface area contributed by atoms with Crippen molar-refractivity contribution in [1.29, 1.82) is 0 Å². The molecule has 0 amide bonds. The first-order valence-electron chi connectivity index (χ1n) is 3.95. The second kappa shape index (κ2) is 4.42. The molecule has 0 unspecified atom stereocenters. The quantitative estimate of drug-likeness (QED) is 0.489. The van der Waals surface area contributed by atoms with Gasteiger partial charge in [0.05, 0.1) is 6.54 Å². The molecule has 72 valence electrons. The van der Waals surface area contributed by atoms with Gasteiger partial charge in [-0.1, -0.05) is 0 Å². The molecule has 0 aliphatic rings. The van der Waals surface area contributed by atoms with E-state index >= 15 is 0 Å². The average Bonchev–Trinajstić information content (AvgIpc) is 1.97. The molecule has 0 atom stereocenters. The van der Waals surface area contributed by atoms with Crippen LogP contribution in [0.5, 0.6) is 0 Å². The summed E-state index contributed by atoms with van der Waals surface area (Å²) < 4.78 is 4.84. The molecule has 0 radical (unpaired) electrons. The molecule has 0 bridgehead atoms. The van der Waals surface area contributed by atoms with Crippen LogP contribution in [-0.4, -0.2) is 36.7 Å². The van der Waals surface area contributed by atoms with Crippen molar-refractivity contribution in [1.82, 2.24) is 4.90 Å². The molecule has 0 heterocycles. The Hall–Kier alpha value is -0.610. The van der Waals surface area contributed by atoms with E-state index in [0.29, 0.717) is 6.73 Å². The molecular weight excluding hydrogens is 156 g/mol. The minimum absolute atomic E-state index is 0.00881. The summed E-state index contributed by atoms with van der Waals surface area (Å²) in [5, 5.41) is 0. The maximum absolute atomic E-state index is 10.7.